The Morgan fingerprint density at radius 3 is 2.19 bits per heavy atom. The van der Waals surface area contributed by atoms with Gasteiger partial charge in [-0.05, 0) is 80.1 Å². The van der Waals surface area contributed by atoms with Gasteiger partial charge < -0.3 is 10.1 Å². The van der Waals surface area contributed by atoms with Gasteiger partial charge >= 0.3 is 0 Å². The maximum absolute atomic E-state index is 13.1. The van der Waals surface area contributed by atoms with Crippen LogP contribution in [0.2, 0.25) is 0 Å². The van der Waals surface area contributed by atoms with E-state index in [0.29, 0.717) is 5.69 Å². The molecule has 1 amide bonds. The quantitative estimate of drug-likeness (QED) is 0.649. The number of carbonyl (C=O) groups is 1. The molecular weight excluding hydrogens is 412 g/mol. The van der Waals surface area contributed by atoms with Gasteiger partial charge in [0.1, 0.15) is 11.8 Å². The van der Waals surface area contributed by atoms with Gasteiger partial charge in [0.15, 0.2) is 0 Å². The van der Waals surface area contributed by atoms with Crippen molar-refractivity contribution < 1.29 is 17.9 Å². The average molecular weight is 447 g/mol. The van der Waals surface area contributed by atoms with Crippen molar-refractivity contribution in [3.05, 3.63) is 58.7 Å². The van der Waals surface area contributed by atoms with Crippen LogP contribution in [0.4, 0.5) is 5.69 Å². The van der Waals surface area contributed by atoms with E-state index in [0.717, 1.165) is 34.3 Å². The van der Waals surface area contributed by atoms with Crippen LogP contribution in [0.1, 0.15) is 61.9 Å². The molecular formula is C24H34N2O4S. The first-order chi connectivity index (χ1) is 14.4. The Kier molecular flexibility index (Phi) is 7.76. The van der Waals surface area contributed by atoms with Crippen molar-refractivity contribution >= 4 is 21.6 Å². The molecule has 0 aliphatic rings. The predicted molar refractivity (Wildman–Crippen MR) is 126 cm³/mol. The lowest BCUT2D eigenvalue weighted by Crippen LogP contribution is -2.48. The number of hydrogen-bond acceptors (Lipinski definition) is 4. The summed E-state index contributed by atoms with van der Waals surface area (Å²) in [5.41, 5.74) is 4.43. The molecule has 6 nitrogen and oxygen atoms in total. The van der Waals surface area contributed by atoms with Crippen LogP contribution in [0.3, 0.4) is 0 Å². The van der Waals surface area contributed by atoms with E-state index in [1.165, 1.54) is 4.31 Å². The Morgan fingerprint density at radius 2 is 1.68 bits per heavy atom. The van der Waals surface area contributed by atoms with E-state index >= 15 is 0 Å². The Labute approximate surface area is 186 Å². The minimum Gasteiger partial charge on any atom is -0.496 e. The molecule has 0 saturated heterocycles. The fraction of sp³-hybridized carbons (Fsp3) is 0.458. The number of rotatable bonds is 8. The van der Waals surface area contributed by atoms with E-state index in [2.05, 4.69) is 25.2 Å². The third-order valence-electron chi connectivity index (χ3n) is 5.41. The number of hydrogen-bond donors (Lipinski definition) is 1. The van der Waals surface area contributed by atoms with E-state index < -0.39 is 16.1 Å². The molecule has 0 aliphatic carbocycles. The van der Waals surface area contributed by atoms with E-state index in [-0.39, 0.29) is 17.9 Å². The SMILES string of the molecule is COc1cc(C)c([C@H](C)NC(=O)[C@H](C)N(c2cccc(C)c2)S(C)(=O)=O)cc1C(C)C. The maximum Gasteiger partial charge on any atom is 0.244 e. The summed E-state index contributed by atoms with van der Waals surface area (Å²) < 4.78 is 31.7. The van der Waals surface area contributed by atoms with Gasteiger partial charge in [0, 0.05) is 0 Å². The molecule has 2 aromatic carbocycles. The highest BCUT2D eigenvalue weighted by Crippen LogP contribution is 2.32. The summed E-state index contributed by atoms with van der Waals surface area (Å²) in [6.45, 7) is 11.5. The number of aryl methyl sites for hydroxylation is 2. The molecule has 0 heterocycles. The molecule has 0 spiro atoms. The molecule has 0 radical (unpaired) electrons. The van der Waals surface area contributed by atoms with Crippen LogP contribution in [0.25, 0.3) is 0 Å². The molecule has 0 aliphatic heterocycles. The van der Waals surface area contributed by atoms with Gasteiger partial charge in [-0.2, -0.15) is 0 Å². The summed E-state index contributed by atoms with van der Waals surface area (Å²) >= 11 is 0. The second-order valence-corrected chi connectivity index (χ2v) is 10.3. The van der Waals surface area contributed by atoms with Crippen molar-refractivity contribution in [1.82, 2.24) is 5.32 Å². The molecule has 31 heavy (non-hydrogen) atoms. The van der Waals surface area contributed by atoms with E-state index in [4.69, 9.17) is 4.74 Å². The predicted octanol–water partition coefficient (Wildman–Crippen LogP) is 4.47. The minimum absolute atomic E-state index is 0.262. The zero-order valence-corrected chi connectivity index (χ0v) is 20.5. The average Bonchev–Trinajstić information content (AvgIpc) is 2.66. The van der Waals surface area contributed by atoms with Gasteiger partial charge in [-0.15, -0.1) is 0 Å². The summed E-state index contributed by atoms with van der Waals surface area (Å²) in [5, 5.41) is 2.99. The molecule has 1 N–H and O–H groups in total. The highest BCUT2D eigenvalue weighted by Gasteiger charge is 2.30. The van der Waals surface area contributed by atoms with Crippen molar-refractivity contribution in [2.45, 2.75) is 59.5 Å². The fourth-order valence-electron chi connectivity index (χ4n) is 3.80. The second kappa shape index (κ2) is 9.73. The molecule has 2 atom stereocenters. The van der Waals surface area contributed by atoms with Gasteiger partial charge in [-0.25, -0.2) is 8.42 Å². The maximum atomic E-state index is 13.1. The molecule has 0 fully saturated rings. The first-order valence-electron chi connectivity index (χ1n) is 10.4. The first kappa shape index (κ1) is 24.7. The van der Waals surface area contributed by atoms with E-state index in [1.54, 1.807) is 32.2 Å². The smallest absolute Gasteiger partial charge is 0.244 e. The van der Waals surface area contributed by atoms with Gasteiger partial charge in [0.2, 0.25) is 15.9 Å². The van der Waals surface area contributed by atoms with Crippen molar-refractivity contribution in [2.75, 3.05) is 17.7 Å². The second-order valence-electron chi connectivity index (χ2n) is 8.41. The molecule has 170 valence electrons. The number of sulfonamides is 1. The summed E-state index contributed by atoms with van der Waals surface area (Å²) in [5.74, 6) is 0.727. The summed E-state index contributed by atoms with van der Waals surface area (Å²) in [6, 6.07) is 9.97. The van der Waals surface area contributed by atoms with Gasteiger partial charge in [0.05, 0.1) is 25.1 Å². The summed E-state index contributed by atoms with van der Waals surface area (Å²) in [6.07, 6.45) is 1.12. The lowest BCUT2D eigenvalue weighted by Gasteiger charge is -2.30. The van der Waals surface area contributed by atoms with Crippen LogP contribution in [-0.4, -0.2) is 33.7 Å². The fourth-order valence-corrected chi connectivity index (χ4v) is 4.96. The number of ether oxygens (including phenoxy) is 1. The number of benzene rings is 2. The summed E-state index contributed by atoms with van der Waals surface area (Å²) in [4.78, 5) is 13.1. The van der Waals surface area contributed by atoms with Crippen molar-refractivity contribution in [3.63, 3.8) is 0 Å². The third-order valence-corrected chi connectivity index (χ3v) is 6.65. The first-order valence-corrected chi connectivity index (χ1v) is 12.3. The van der Waals surface area contributed by atoms with Gasteiger partial charge in [-0.1, -0.05) is 26.0 Å². The van der Waals surface area contributed by atoms with Crippen LogP contribution < -0.4 is 14.4 Å². The monoisotopic (exact) mass is 446 g/mol. The zero-order valence-electron chi connectivity index (χ0n) is 19.7. The molecule has 2 aromatic rings. The molecule has 0 bridgehead atoms. The van der Waals surface area contributed by atoms with Gasteiger partial charge in [0.25, 0.3) is 0 Å². The third kappa shape index (κ3) is 5.79. The number of amides is 1. The Balaban J connectivity index is 2.33. The highest BCUT2D eigenvalue weighted by atomic mass is 32.2. The Hall–Kier alpha value is -2.54. The molecule has 0 aromatic heterocycles. The molecule has 2 rings (SSSR count). The zero-order chi connectivity index (χ0) is 23.5. The van der Waals surface area contributed by atoms with Crippen LogP contribution >= 0.6 is 0 Å². The normalized spacial score (nSPS) is 13.6. The number of nitrogens with zero attached hydrogens (tertiary/aromatic N) is 1. The van der Waals surface area contributed by atoms with Gasteiger partial charge in [-0.3, -0.25) is 9.10 Å². The van der Waals surface area contributed by atoms with E-state index in [1.807, 2.05) is 32.9 Å². The van der Waals surface area contributed by atoms with Crippen LogP contribution in [0, 0.1) is 13.8 Å². The lowest BCUT2D eigenvalue weighted by atomic mass is 9.93. The van der Waals surface area contributed by atoms with Crippen LogP contribution in [-0.2, 0) is 14.8 Å². The van der Waals surface area contributed by atoms with Crippen LogP contribution in [0.15, 0.2) is 36.4 Å². The number of nitrogens with one attached hydrogen (secondary N) is 1. The van der Waals surface area contributed by atoms with Crippen molar-refractivity contribution in [3.8, 4) is 5.75 Å². The summed E-state index contributed by atoms with van der Waals surface area (Å²) in [7, 11) is -2.01. The number of methoxy groups -OCH3 is 1. The Bertz CT molecular complexity index is 1050. The molecule has 0 unspecified atom stereocenters. The molecule has 0 saturated carbocycles. The molecule has 7 heteroatoms. The van der Waals surface area contributed by atoms with E-state index in [9.17, 15) is 13.2 Å². The van der Waals surface area contributed by atoms with Crippen molar-refractivity contribution in [1.29, 1.82) is 0 Å². The Morgan fingerprint density at radius 1 is 1.03 bits per heavy atom. The number of carbonyl (C=O) groups excluding carboxylic acids is 1. The lowest BCUT2D eigenvalue weighted by molar-refractivity contribution is -0.122. The largest absolute Gasteiger partial charge is 0.496 e. The minimum atomic E-state index is -3.66. The van der Waals surface area contributed by atoms with Crippen LogP contribution in [0.5, 0.6) is 5.75 Å². The highest BCUT2D eigenvalue weighted by molar-refractivity contribution is 7.92. The standard InChI is InChI=1S/C24H34N2O4S/c1-15(2)21-14-22(17(4)13-23(21)30-7)18(5)25-24(27)19(6)26(31(8,28)29)20-11-9-10-16(3)12-20/h9-15,18-19H,1-8H3,(H,25,27)/t18-,19-/m0/s1. The van der Waals surface area contributed by atoms with Crippen molar-refractivity contribution in [2.24, 2.45) is 0 Å². The topological polar surface area (TPSA) is 75.7 Å². The number of anilines is 1.